The SMILES string of the molecule is CCCNC(=O)[C@@H](C)Sc1nnc(C2CC2)n1CC. The molecule has 6 heteroatoms. The van der Waals surface area contributed by atoms with Gasteiger partial charge in [0, 0.05) is 19.0 Å². The van der Waals surface area contributed by atoms with Crippen LogP contribution in [-0.4, -0.2) is 32.5 Å². The fraction of sp³-hybridized carbons (Fsp3) is 0.769. The Labute approximate surface area is 118 Å². The maximum absolute atomic E-state index is 11.9. The fourth-order valence-electron chi connectivity index (χ4n) is 1.93. The molecule has 0 aromatic carbocycles. The molecule has 0 unspecified atom stereocenters. The van der Waals surface area contributed by atoms with Crippen LogP contribution in [0.1, 0.15) is 51.8 Å². The van der Waals surface area contributed by atoms with Gasteiger partial charge < -0.3 is 9.88 Å². The van der Waals surface area contributed by atoms with Crippen molar-refractivity contribution in [3.8, 4) is 0 Å². The Balaban J connectivity index is 2.00. The molecule has 0 bridgehead atoms. The lowest BCUT2D eigenvalue weighted by Gasteiger charge is -2.12. The van der Waals surface area contributed by atoms with Gasteiger partial charge in [-0.05, 0) is 33.1 Å². The molecule has 0 spiro atoms. The van der Waals surface area contributed by atoms with Gasteiger partial charge in [0.15, 0.2) is 5.16 Å². The summed E-state index contributed by atoms with van der Waals surface area (Å²) in [5, 5.41) is 12.2. The molecule has 1 aromatic heterocycles. The molecule has 1 aromatic rings. The predicted molar refractivity (Wildman–Crippen MR) is 76.3 cm³/mol. The molecule has 1 amide bonds. The maximum Gasteiger partial charge on any atom is 0.233 e. The molecular weight excluding hydrogens is 260 g/mol. The third-order valence-corrected chi connectivity index (χ3v) is 4.29. The number of aromatic nitrogens is 3. The lowest BCUT2D eigenvalue weighted by Crippen LogP contribution is -2.31. The van der Waals surface area contributed by atoms with Crippen LogP contribution in [-0.2, 0) is 11.3 Å². The number of hydrogen-bond donors (Lipinski definition) is 1. The first-order chi connectivity index (χ1) is 9.17. The van der Waals surface area contributed by atoms with E-state index in [1.54, 1.807) is 0 Å². The molecule has 1 N–H and O–H groups in total. The fourth-order valence-corrected chi connectivity index (χ4v) is 2.88. The van der Waals surface area contributed by atoms with Gasteiger partial charge in [-0.1, -0.05) is 18.7 Å². The molecule has 5 nitrogen and oxygen atoms in total. The second kappa shape index (κ2) is 6.41. The average Bonchev–Trinajstić information content (AvgIpc) is 3.17. The van der Waals surface area contributed by atoms with Crippen molar-refractivity contribution in [3.05, 3.63) is 5.82 Å². The molecule has 0 radical (unpaired) electrons. The van der Waals surface area contributed by atoms with Crippen LogP contribution in [0.15, 0.2) is 5.16 Å². The van der Waals surface area contributed by atoms with E-state index in [4.69, 9.17) is 0 Å². The Morgan fingerprint density at radius 1 is 1.47 bits per heavy atom. The first-order valence-electron chi connectivity index (χ1n) is 7.04. The topological polar surface area (TPSA) is 59.8 Å². The first-order valence-corrected chi connectivity index (χ1v) is 7.92. The lowest BCUT2D eigenvalue weighted by atomic mass is 10.4. The van der Waals surface area contributed by atoms with E-state index in [2.05, 4.69) is 27.0 Å². The number of nitrogens with zero attached hydrogens (tertiary/aromatic N) is 3. The third-order valence-electron chi connectivity index (χ3n) is 3.20. The quantitative estimate of drug-likeness (QED) is 0.779. The Morgan fingerprint density at radius 3 is 2.79 bits per heavy atom. The highest BCUT2D eigenvalue weighted by molar-refractivity contribution is 8.00. The normalized spacial score (nSPS) is 16.4. The molecule has 106 valence electrons. The Morgan fingerprint density at radius 2 is 2.21 bits per heavy atom. The van der Waals surface area contributed by atoms with Crippen molar-refractivity contribution in [2.45, 2.75) is 62.9 Å². The van der Waals surface area contributed by atoms with Crippen LogP contribution in [0, 0.1) is 0 Å². The Kier molecular flexibility index (Phi) is 4.85. The van der Waals surface area contributed by atoms with Gasteiger partial charge in [0.25, 0.3) is 0 Å². The van der Waals surface area contributed by atoms with Gasteiger partial charge in [-0.15, -0.1) is 10.2 Å². The number of thioether (sulfide) groups is 1. The van der Waals surface area contributed by atoms with E-state index in [0.29, 0.717) is 5.92 Å². The van der Waals surface area contributed by atoms with Crippen LogP contribution in [0.2, 0.25) is 0 Å². The van der Waals surface area contributed by atoms with Gasteiger partial charge in [-0.2, -0.15) is 0 Å². The molecular formula is C13H22N4OS. The summed E-state index contributed by atoms with van der Waals surface area (Å²) in [5.41, 5.74) is 0. The van der Waals surface area contributed by atoms with Gasteiger partial charge in [0.05, 0.1) is 5.25 Å². The first kappa shape index (κ1) is 14.4. The van der Waals surface area contributed by atoms with E-state index in [1.807, 2.05) is 13.8 Å². The molecule has 0 saturated heterocycles. The van der Waals surface area contributed by atoms with E-state index < -0.39 is 0 Å². The molecule has 1 atom stereocenters. The largest absolute Gasteiger partial charge is 0.355 e. The lowest BCUT2D eigenvalue weighted by molar-refractivity contribution is -0.120. The Bertz CT molecular complexity index is 442. The zero-order valence-corrected chi connectivity index (χ0v) is 12.7. The average molecular weight is 282 g/mol. The summed E-state index contributed by atoms with van der Waals surface area (Å²) in [6.07, 6.45) is 3.39. The molecule has 2 rings (SSSR count). The third kappa shape index (κ3) is 3.49. The highest BCUT2D eigenvalue weighted by Gasteiger charge is 2.30. The molecule has 1 heterocycles. The van der Waals surface area contributed by atoms with Gasteiger partial charge in [0.2, 0.25) is 5.91 Å². The highest BCUT2D eigenvalue weighted by Crippen LogP contribution is 2.40. The van der Waals surface area contributed by atoms with Crippen LogP contribution in [0.4, 0.5) is 0 Å². The van der Waals surface area contributed by atoms with E-state index in [0.717, 1.165) is 30.5 Å². The van der Waals surface area contributed by atoms with E-state index in [9.17, 15) is 4.79 Å². The van der Waals surface area contributed by atoms with Crippen LogP contribution >= 0.6 is 11.8 Å². The van der Waals surface area contributed by atoms with E-state index in [-0.39, 0.29) is 11.2 Å². The number of rotatable bonds is 7. The smallest absolute Gasteiger partial charge is 0.233 e. The van der Waals surface area contributed by atoms with Crippen molar-refractivity contribution in [2.75, 3.05) is 6.54 Å². The molecule has 1 aliphatic rings. The maximum atomic E-state index is 11.9. The minimum Gasteiger partial charge on any atom is -0.355 e. The predicted octanol–water partition coefficient (Wildman–Crippen LogP) is 2.18. The molecule has 0 aliphatic heterocycles. The van der Waals surface area contributed by atoms with Crippen LogP contribution in [0.3, 0.4) is 0 Å². The second-order valence-corrected chi connectivity index (χ2v) is 6.22. The molecule has 19 heavy (non-hydrogen) atoms. The summed E-state index contributed by atoms with van der Waals surface area (Å²) in [5.74, 6) is 1.75. The van der Waals surface area contributed by atoms with Crippen molar-refractivity contribution >= 4 is 17.7 Å². The van der Waals surface area contributed by atoms with Crippen molar-refractivity contribution in [1.82, 2.24) is 20.1 Å². The number of carbonyl (C=O) groups excluding carboxylic acids is 1. The summed E-state index contributed by atoms with van der Waals surface area (Å²) in [7, 11) is 0. The number of hydrogen-bond acceptors (Lipinski definition) is 4. The summed E-state index contributed by atoms with van der Waals surface area (Å²) >= 11 is 1.50. The van der Waals surface area contributed by atoms with Crippen molar-refractivity contribution in [1.29, 1.82) is 0 Å². The minimum absolute atomic E-state index is 0.0745. The number of amides is 1. The van der Waals surface area contributed by atoms with Gasteiger partial charge >= 0.3 is 0 Å². The second-order valence-electron chi connectivity index (χ2n) is 4.91. The van der Waals surface area contributed by atoms with Gasteiger partial charge in [-0.3, -0.25) is 4.79 Å². The zero-order valence-electron chi connectivity index (χ0n) is 11.8. The molecule has 1 saturated carbocycles. The van der Waals surface area contributed by atoms with Crippen molar-refractivity contribution in [2.24, 2.45) is 0 Å². The monoisotopic (exact) mass is 282 g/mol. The Hall–Kier alpha value is -1.04. The van der Waals surface area contributed by atoms with Crippen molar-refractivity contribution < 1.29 is 4.79 Å². The molecule has 1 fully saturated rings. The highest BCUT2D eigenvalue weighted by atomic mass is 32.2. The van der Waals surface area contributed by atoms with Gasteiger partial charge in [-0.25, -0.2) is 0 Å². The molecule has 1 aliphatic carbocycles. The van der Waals surface area contributed by atoms with E-state index >= 15 is 0 Å². The minimum atomic E-state index is -0.131. The van der Waals surface area contributed by atoms with Gasteiger partial charge in [0.1, 0.15) is 5.82 Å². The van der Waals surface area contributed by atoms with Crippen LogP contribution in [0.25, 0.3) is 0 Å². The number of carbonyl (C=O) groups is 1. The summed E-state index contributed by atoms with van der Waals surface area (Å²) < 4.78 is 2.14. The van der Waals surface area contributed by atoms with Crippen LogP contribution < -0.4 is 5.32 Å². The van der Waals surface area contributed by atoms with Crippen LogP contribution in [0.5, 0.6) is 0 Å². The van der Waals surface area contributed by atoms with Crippen molar-refractivity contribution in [3.63, 3.8) is 0 Å². The summed E-state index contributed by atoms with van der Waals surface area (Å²) in [4.78, 5) is 11.9. The zero-order chi connectivity index (χ0) is 13.8. The summed E-state index contributed by atoms with van der Waals surface area (Å²) in [6, 6.07) is 0. The standard InChI is InChI=1S/C13H22N4OS/c1-4-8-14-12(18)9(3)19-13-16-15-11(10-6-7-10)17(13)5-2/h9-10H,4-8H2,1-3H3,(H,14,18)/t9-/m1/s1. The summed E-state index contributed by atoms with van der Waals surface area (Å²) in [6.45, 7) is 7.66. The number of nitrogens with one attached hydrogen (secondary N) is 1. The van der Waals surface area contributed by atoms with E-state index in [1.165, 1.54) is 24.6 Å².